The van der Waals surface area contributed by atoms with Crippen molar-refractivity contribution in [2.24, 2.45) is 0 Å². The summed E-state index contributed by atoms with van der Waals surface area (Å²) in [5.74, 6) is 0.189. The van der Waals surface area contributed by atoms with Crippen LogP contribution in [0.5, 0.6) is 0 Å². The van der Waals surface area contributed by atoms with E-state index in [4.69, 9.17) is 0 Å². The van der Waals surface area contributed by atoms with E-state index in [2.05, 4.69) is 5.32 Å². The fourth-order valence-corrected chi connectivity index (χ4v) is 3.06. The van der Waals surface area contributed by atoms with Gasteiger partial charge < -0.3 is 10.2 Å². The molecular weight excluding hydrogens is 283 g/mol. The third-order valence-corrected chi connectivity index (χ3v) is 4.22. The first-order valence-electron chi connectivity index (χ1n) is 7.74. The van der Waals surface area contributed by atoms with Crippen molar-refractivity contribution < 1.29 is 18.0 Å². The highest BCUT2D eigenvalue weighted by Gasteiger charge is 2.32. The lowest BCUT2D eigenvalue weighted by atomic mass is 10.0. The number of hydrogen-bond donors (Lipinski definition) is 1. The number of alkyl halides is 3. The van der Waals surface area contributed by atoms with E-state index in [1.807, 2.05) is 4.90 Å². The van der Waals surface area contributed by atoms with E-state index in [1.54, 1.807) is 0 Å². The number of carbonyl (C=O) groups excluding carboxylic acids is 1. The summed E-state index contributed by atoms with van der Waals surface area (Å²) < 4.78 is 36.8. The van der Waals surface area contributed by atoms with Gasteiger partial charge in [-0.3, -0.25) is 9.69 Å². The van der Waals surface area contributed by atoms with Crippen LogP contribution in [0.4, 0.5) is 13.2 Å². The smallest absolute Gasteiger partial charge is 0.343 e. The summed E-state index contributed by atoms with van der Waals surface area (Å²) in [6.07, 6.45) is 0.000809. The van der Waals surface area contributed by atoms with E-state index in [1.165, 1.54) is 4.90 Å². The molecule has 2 fully saturated rings. The molecule has 2 rings (SSSR count). The molecule has 1 amide bonds. The number of carbonyl (C=O) groups is 1. The number of nitrogens with zero attached hydrogens (tertiary/aromatic N) is 2. The van der Waals surface area contributed by atoms with Crippen LogP contribution in [0.2, 0.25) is 0 Å². The molecule has 0 bridgehead atoms. The van der Waals surface area contributed by atoms with Gasteiger partial charge in [-0.15, -0.1) is 0 Å². The average Bonchev–Trinajstić information content (AvgIpc) is 2.93. The number of amides is 1. The van der Waals surface area contributed by atoms with Gasteiger partial charge in [-0.1, -0.05) is 0 Å². The molecule has 122 valence electrons. The van der Waals surface area contributed by atoms with Crippen molar-refractivity contribution in [2.75, 3.05) is 39.3 Å². The van der Waals surface area contributed by atoms with Gasteiger partial charge >= 0.3 is 6.18 Å². The Morgan fingerprint density at radius 2 is 1.71 bits per heavy atom. The fraction of sp³-hybridized carbons (Fsp3) is 0.929. The third kappa shape index (κ3) is 5.82. The van der Waals surface area contributed by atoms with Gasteiger partial charge in [-0.05, 0) is 38.8 Å². The second-order valence-corrected chi connectivity index (χ2v) is 5.96. The molecule has 2 aliphatic heterocycles. The van der Waals surface area contributed by atoms with Gasteiger partial charge in [0.15, 0.2) is 0 Å². The van der Waals surface area contributed by atoms with E-state index in [0.717, 1.165) is 25.9 Å². The van der Waals surface area contributed by atoms with Crippen LogP contribution in [0, 0.1) is 0 Å². The number of nitrogens with one attached hydrogen (secondary N) is 1. The topological polar surface area (TPSA) is 35.6 Å². The second-order valence-electron chi connectivity index (χ2n) is 5.96. The number of rotatable bonds is 5. The number of halogens is 3. The molecule has 4 nitrogen and oxygen atoms in total. The molecular formula is C14H24F3N3O. The van der Waals surface area contributed by atoms with E-state index in [9.17, 15) is 18.0 Å². The SMILES string of the molecule is O=C(CCNC1CCN(CC(F)(F)F)CC1)N1CCCC1. The highest BCUT2D eigenvalue weighted by atomic mass is 19.4. The molecule has 0 radical (unpaired) electrons. The maximum Gasteiger partial charge on any atom is 0.401 e. The predicted octanol–water partition coefficient (Wildman–Crippen LogP) is 1.62. The fourth-order valence-electron chi connectivity index (χ4n) is 3.06. The summed E-state index contributed by atoms with van der Waals surface area (Å²) in [5.41, 5.74) is 0. The first-order valence-corrected chi connectivity index (χ1v) is 7.74. The van der Waals surface area contributed by atoms with E-state index in [-0.39, 0.29) is 11.9 Å². The lowest BCUT2D eigenvalue weighted by molar-refractivity contribution is -0.148. The summed E-state index contributed by atoms with van der Waals surface area (Å²) in [6.45, 7) is 2.49. The van der Waals surface area contributed by atoms with Crippen LogP contribution in [0.25, 0.3) is 0 Å². The Balaban J connectivity index is 1.57. The minimum atomic E-state index is -4.11. The summed E-state index contributed by atoms with van der Waals surface area (Å²) >= 11 is 0. The summed E-state index contributed by atoms with van der Waals surface area (Å²) in [4.78, 5) is 15.2. The van der Waals surface area contributed by atoms with Crippen molar-refractivity contribution in [2.45, 2.75) is 44.3 Å². The van der Waals surface area contributed by atoms with Crippen LogP contribution in [0.1, 0.15) is 32.1 Å². The molecule has 0 aromatic heterocycles. The molecule has 0 unspecified atom stereocenters. The third-order valence-electron chi connectivity index (χ3n) is 4.22. The zero-order valence-corrected chi connectivity index (χ0v) is 12.3. The Bertz CT molecular complexity index is 335. The van der Waals surface area contributed by atoms with Crippen LogP contribution in [-0.4, -0.2) is 67.2 Å². The summed E-state index contributed by atoms with van der Waals surface area (Å²) in [5, 5.41) is 3.30. The van der Waals surface area contributed by atoms with Crippen LogP contribution in [-0.2, 0) is 4.79 Å². The second kappa shape index (κ2) is 7.45. The molecule has 7 heteroatoms. The zero-order valence-electron chi connectivity index (χ0n) is 12.3. The molecule has 2 heterocycles. The van der Waals surface area contributed by atoms with Gasteiger partial charge in [-0.2, -0.15) is 13.2 Å². The molecule has 21 heavy (non-hydrogen) atoms. The predicted molar refractivity (Wildman–Crippen MR) is 74.0 cm³/mol. The first-order chi connectivity index (χ1) is 9.94. The largest absolute Gasteiger partial charge is 0.401 e. The van der Waals surface area contributed by atoms with Crippen LogP contribution >= 0.6 is 0 Å². The highest BCUT2D eigenvalue weighted by molar-refractivity contribution is 5.76. The van der Waals surface area contributed by atoms with Crippen LogP contribution in [0.15, 0.2) is 0 Å². The monoisotopic (exact) mass is 307 g/mol. The summed E-state index contributed by atoms with van der Waals surface area (Å²) in [6, 6.07) is 0.237. The molecule has 0 spiro atoms. The lowest BCUT2D eigenvalue weighted by Crippen LogP contribution is -2.46. The minimum Gasteiger partial charge on any atom is -0.343 e. The van der Waals surface area contributed by atoms with E-state index < -0.39 is 12.7 Å². The zero-order chi connectivity index (χ0) is 15.3. The van der Waals surface area contributed by atoms with Crippen LogP contribution in [0.3, 0.4) is 0 Å². The normalized spacial score (nSPS) is 22.0. The molecule has 0 aromatic carbocycles. The molecule has 0 aliphatic carbocycles. The lowest BCUT2D eigenvalue weighted by Gasteiger charge is -2.32. The quantitative estimate of drug-likeness (QED) is 0.838. The van der Waals surface area contributed by atoms with Crippen molar-refractivity contribution >= 4 is 5.91 Å². The van der Waals surface area contributed by atoms with E-state index in [0.29, 0.717) is 38.9 Å². The number of piperidine rings is 1. The van der Waals surface area contributed by atoms with Gasteiger partial charge in [-0.25, -0.2) is 0 Å². The Morgan fingerprint density at radius 1 is 1.10 bits per heavy atom. The Hall–Kier alpha value is -0.820. The molecule has 1 N–H and O–H groups in total. The van der Waals surface area contributed by atoms with Gasteiger partial charge in [0.25, 0.3) is 0 Å². The van der Waals surface area contributed by atoms with Crippen molar-refractivity contribution in [1.29, 1.82) is 0 Å². The van der Waals surface area contributed by atoms with Crippen molar-refractivity contribution in [3.8, 4) is 0 Å². The highest BCUT2D eigenvalue weighted by Crippen LogP contribution is 2.19. The summed E-state index contributed by atoms with van der Waals surface area (Å²) in [7, 11) is 0. The molecule has 2 saturated heterocycles. The standard InChI is InChI=1S/C14H24F3N3O/c15-14(16,17)11-19-9-4-12(5-10-19)18-6-3-13(21)20-7-1-2-8-20/h12,18H,1-11H2. The molecule has 0 aromatic rings. The van der Waals surface area contributed by atoms with Crippen molar-refractivity contribution in [3.05, 3.63) is 0 Å². The molecule has 0 saturated carbocycles. The molecule has 2 aliphatic rings. The van der Waals surface area contributed by atoms with Gasteiger partial charge in [0.2, 0.25) is 5.91 Å². The Morgan fingerprint density at radius 3 is 2.29 bits per heavy atom. The van der Waals surface area contributed by atoms with Crippen molar-refractivity contribution in [3.63, 3.8) is 0 Å². The first kappa shape index (κ1) is 16.5. The average molecular weight is 307 g/mol. The maximum atomic E-state index is 12.3. The van der Waals surface area contributed by atoms with Crippen molar-refractivity contribution in [1.82, 2.24) is 15.1 Å². The Labute approximate surface area is 123 Å². The number of likely N-dealkylation sites (tertiary alicyclic amines) is 2. The minimum absolute atomic E-state index is 0.189. The van der Waals surface area contributed by atoms with Gasteiger partial charge in [0, 0.05) is 32.1 Å². The van der Waals surface area contributed by atoms with Gasteiger partial charge in [0.05, 0.1) is 6.54 Å². The van der Waals surface area contributed by atoms with E-state index >= 15 is 0 Å². The Kier molecular flexibility index (Phi) is 5.87. The molecule has 0 atom stereocenters. The number of hydrogen-bond acceptors (Lipinski definition) is 3. The van der Waals surface area contributed by atoms with Gasteiger partial charge in [0.1, 0.15) is 0 Å². The maximum absolute atomic E-state index is 12.3. The van der Waals surface area contributed by atoms with Crippen LogP contribution < -0.4 is 5.32 Å².